The Morgan fingerprint density at radius 3 is 2.58 bits per heavy atom. The molecule has 2 N–H and O–H groups in total. The third-order valence-corrected chi connectivity index (χ3v) is 4.61. The van der Waals surface area contributed by atoms with Crippen LogP contribution in [0.2, 0.25) is 0 Å². The van der Waals surface area contributed by atoms with Crippen LogP contribution in [-0.4, -0.2) is 29.1 Å². The van der Waals surface area contributed by atoms with E-state index in [9.17, 15) is 19.2 Å². The van der Waals surface area contributed by atoms with E-state index in [1.165, 1.54) is 4.57 Å². The van der Waals surface area contributed by atoms with Crippen LogP contribution in [0, 0.1) is 20.8 Å². The molecule has 0 fully saturated rings. The lowest BCUT2D eigenvalue weighted by atomic mass is 10.1. The van der Waals surface area contributed by atoms with Gasteiger partial charge >= 0.3 is 16.9 Å². The summed E-state index contributed by atoms with van der Waals surface area (Å²) >= 11 is 0.976. The van der Waals surface area contributed by atoms with Crippen molar-refractivity contribution in [2.75, 3.05) is 11.9 Å². The van der Waals surface area contributed by atoms with Crippen molar-refractivity contribution in [1.29, 1.82) is 0 Å². The van der Waals surface area contributed by atoms with Crippen molar-refractivity contribution >= 4 is 34.9 Å². The quantitative estimate of drug-likeness (QED) is 0.772. The van der Waals surface area contributed by atoms with Crippen LogP contribution in [0.3, 0.4) is 0 Å². The Labute approximate surface area is 153 Å². The summed E-state index contributed by atoms with van der Waals surface area (Å²) in [6.45, 7) is 4.55. The lowest BCUT2D eigenvalue weighted by Gasteiger charge is -2.11. The maximum atomic E-state index is 11.8. The zero-order chi connectivity index (χ0) is 19.3. The van der Waals surface area contributed by atoms with Gasteiger partial charge in [-0.15, -0.1) is 0 Å². The molecule has 0 atom stereocenters. The first-order valence-electron chi connectivity index (χ1n) is 7.75. The summed E-state index contributed by atoms with van der Waals surface area (Å²) in [5, 5.41) is 6.27. The molecule has 0 saturated heterocycles. The molecule has 0 bridgehead atoms. The fourth-order valence-electron chi connectivity index (χ4n) is 2.12. The molecule has 0 radical (unpaired) electrons. The highest BCUT2D eigenvalue weighted by Gasteiger charge is 2.14. The SMILES string of the molecule is Cc1cccc(NC(=O)NC(=O)COC(=O)Cn2c(C)csc2=O)c1C. The maximum absolute atomic E-state index is 11.8. The summed E-state index contributed by atoms with van der Waals surface area (Å²) in [5.74, 6) is -1.51. The van der Waals surface area contributed by atoms with Crippen molar-refractivity contribution < 1.29 is 19.1 Å². The minimum absolute atomic E-state index is 0.281. The molecule has 0 aliphatic carbocycles. The fraction of sp³-hybridized carbons (Fsp3) is 0.294. The molecule has 1 aromatic heterocycles. The van der Waals surface area contributed by atoms with E-state index in [0.29, 0.717) is 11.4 Å². The number of hydrogen-bond acceptors (Lipinski definition) is 6. The number of carbonyl (C=O) groups is 3. The van der Waals surface area contributed by atoms with Gasteiger partial charge in [-0.3, -0.25) is 24.3 Å². The molecule has 0 unspecified atom stereocenters. The fourth-order valence-corrected chi connectivity index (χ4v) is 2.85. The van der Waals surface area contributed by atoms with Crippen molar-refractivity contribution in [2.24, 2.45) is 0 Å². The Kier molecular flexibility index (Phi) is 6.29. The van der Waals surface area contributed by atoms with Crippen LogP contribution < -0.4 is 15.5 Å². The van der Waals surface area contributed by atoms with Gasteiger partial charge in [0, 0.05) is 16.8 Å². The monoisotopic (exact) mass is 377 g/mol. The zero-order valence-corrected chi connectivity index (χ0v) is 15.4. The number of urea groups is 1. The highest BCUT2D eigenvalue weighted by Crippen LogP contribution is 2.17. The molecule has 0 aliphatic rings. The van der Waals surface area contributed by atoms with Gasteiger partial charge in [-0.2, -0.15) is 0 Å². The molecule has 0 saturated carbocycles. The number of anilines is 1. The van der Waals surface area contributed by atoms with E-state index in [4.69, 9.17) is 4.74 Å². The van der Waals surface area contributed by atoms with E-state index in [0.717, 1.165) is 22.5 Å². The molecule has 26 heavy (non-hydrogen) atoms. The predicted octanol–water partition coefficient (Wildman–Crippen LogP) is 1.73. The molecule has 138 valence electrons. The van der Waals surface area contributed by atoms with Crippen LogP contribution in [0.25, 0.3) is 0 Å². The topological polar surface area (TPSA) is 106 Å². The summed E-state index contributed by atoms with van der Waals surface area (Å²) in [5.41, 5.74) is 3.11. The number of hydrogen-bond donors (Lipinski definition) is 2. The first-order valence-corrected chi connectivity index (χ1v) is 8.63. The van der Waals surface area contributed by atoms with Crippen LogP contribution >= 0.6 is 11.3 Å². The van der Waals surface area contributed by atoms with E-state index >= 15 is 0 Å². The van der Waals surface area contributed by atoms with Crippen LogP contribution in [0.1, 0.15) is 16.8 Å². The smallest absolute Gasteiger partial charge is 0.326 e. The van der Waals surface area contributed by atoms with Crippen LogP contribution in [-0.2, 0) is 20.9 Å². The first-order chi connectivity index (χ1) is 12.3. The number of aryl methyl sites for hydroxylation is 2. The normalized spacial score (nSPS) is 10.3. The average Bonchev–Trinajstić information content (AvgIpc) is 2.89. The summed E-state index contributed by atoms with van der Waals surface area (Å²) in [6.07, 6.45) is 0. The number of esters is 1. The molecule has 2 aromatic rings. The van der Waals surface area contributed by atoms with Gasteiger partial charge in [-0.05, 0) is 38.0 Å². The second-order valence-corrected chi connectivity index (χ2v) is 6.46. The molecule has 8 nitrogen and oxygen atoms in total. The minimum Gasteiger partial charge on any atom is -0.454 e. The van der Waals surface area contributed by atoms with Crippen molar-refractivity contribution in [3.05, 3.63) is 50.1 Å². The summed E-state index contributed by atoms with van der Waals surface area (Å²) in [7, 11) is 0. The molecular formula is C17H19N3O5S. The Balaban J connectivity index is 1.81. The van der Waals surface area contributed by atoms with Gasteiger partial charge in [0.2, 0.25) is 0 Å². The van der Waals surface area contributed by atoms with Crippen molar-refractivity contribution in [3.63, 3.8) is 0 Å². The van der Waals surface area contributed by atoms with E-state index < -0.39 is 24.5 Å². The van der Waals surface area contributed by atoms with Crippen molar-refractivity contribution in [2.45, 2.75) is 27.3 Å². The third-order valence-electron chi connectivity index (χ3n) is 3.73. The third kappa shape index (κ3) is 5.03. The molecule has 0 spiro atoms. The average molecular weight is 377 g/mol. The Morgan fingerprint density at radius 2 is 1.92 bits per heavy atom. The van der Waals surface area contributed by atoms with E-state index in [-0.39, 0.29) is 11.4 Å². The van der Waals surface area contributed by atoms with Gasteiger partial charge in [-0.1, -0.05) is 23.5 Å². The lowest BCUT2D eigenvalue weighted by Crippen LogP contribution is -2.37. The Morgan fingerprint density at radius 1 is 1.19 bits per heavy atom. The molecule has 1 aromatic carbocycles. The van der Waals surface area contributed by atoms with Gasteiger partial charge in [0.1, 0.15) is 6.54 Å². The van der Waals surface area contributed by atoms with Gasteiger partial charge in [0.05, 0.1) is 0 Å². The summed E-state index contributed by atoms with van der Waals surface area (Å²) in [6, 6.07) is 4.69. The largest absolute Gasteiger partial charge is 0.454 e. The molecule has 2 rings (SSSR count). The molecule has 1 heterocycles. The summed E-state index contributed by atoms with van der Waals surface area (Å²) < 4.78 is 6.04. The lowest BCUT2D eigenvalue weighted by molar-refractivity contribution is -0.148. The number of carbonyl (C=O) groups excluding carboxylic acids is 3. The van der Waals surface area contributed by atoms with E-state index in [1.54, 1.807) is 24.4 Å². The number of thiazole rings is 1. The zero-order valence-electron chi connectivity index (χ0n) is 14.6. The number of aromatic nitrogens is 1. The van der Waals surface area contributed by atoms with Crippen molar-refractivity contribution in [3.8, 4) is 0 Å². The highest BCUT2D eigenvalue weighted by atomic mass is 32.1. The van der Waals surface area contributed by atoms with Crippen LogP contribution in [0.4, 0.5) is 10.5 Å². The number of imide groups is 1. The van der Waals surface area contributed by atoms with Crippen LogP contribution in [0.5, 0.6) is 0 Å². The number of nitrogens with zero attached hydrogens (tertiary/aromatic N) is 1. The maximum Gasteiger partial charge on any atom is 0.326 e. The standard InChI is InChI=1S/C17H19N3O5S/c1-10-5-4-6-13(12(10)3)18-16(23)19-14(21)8-25-15(22)7-20-11(2)9-26-17(20)24/h4-6,9H,7-8H2,1-3H3,(H2,18,19,21,23). The second-order valence-electron chi connectivity index (χ2n) is 5.64. The molecule has 3 amide bonds. The number of amides is 3. The van der Waals surface area contributed by atoms with Gasteiger partial charge in [-0.25, -0.2) is 4.79 Å². The van der Waals surface area contributed by atoms with Gasteiger partial charge in [0.25, 0.3) is 5.91 Å². The van der Waals surface area contributed by atoms with E-state index in [2.05, 4.69) is 10.6 Å². The van der Waals surface area contributed by atoms with Gasteiger partial charge in [0.15, 0.2) is 6.61 Å². The first kappa shape index (κ1) is 19.4. The Hall–Kier alpha value is -2.94. The minimum atomic E-state index is -0.768. The Bertz CT molecular complexity index is 900. The molecule has 9 heteroatoms. The van der Waals surface area contributed by atoms with E-state index in [1.807, 2.05) is 19.9 Å². The van der Waals surface area contributed by atoms with Gasteiger partial charge < -0.3 is 10.1 Å². The number of ether oxygens (including phenoxy) is 1. The second kappa shape index (κ2) is 8.43. The molecular weight excluding hydrogens is 358 g/mol. The number of rotatable bonds is 5. The highest BCUT2D eigenvalue weighted by molar-refractivity contribution is 7.07. The predicted molar refractivity (Wildman–Crippen MR) is 97.4 cm³/mol. The molecule has 0 aliphatic heterocycles. The number of benzene rings is 1. The van der Waals surface area contributed by atoms with Crippen LogP contribution in [0.15, 0.2) is 28.4 Å². The summed E-state index contributed by atoms with van der Waals surface area (Å²) in [4.78, 5) is 46.5. The number of nitrogens with one attached hydrogen (secondary N) is 2. The van der Waals surface area contributed by atoms with Crippen molar-refractivity contribution in [1.82, 2.24) is 9.88 Å².